The van der Waals surface area contributed by atoms with Gasteiger partial charge in [-0.1, -0.05) is 18.2 Å². The monoisotopic (exact) mass is 194 g/mol. The molecule has 3 heteroatoms. The third kappa shape index (κ3) is 1.72. The molecule has 0 spiro atoms. The molecule has 0 saturated carbocycles. The summed E-state index contributed by atoms with van der Waals surface area (Å²) in [6.07, 6.45) is -0.942. The van der Waals surface area contributed by atoms with Gasteiger partial charge in [-0.3, -0.25) is 0 Å². The Morgan fingerprint density at radius 1 is 1.23 bits per heavy atom. The van der Waals surface area contributed by atoms with Crippen molar-refractivity contribution in [2.45, 2.75) is 12.7 Å². The lowest BCUT2D eigenvalue weighted by Crippen LogP contribution is -2.07. The Balaban J connectivity index is 2.46. The van der Waals surface area contributed by atoms with Crippen molar-refractivity contribution in [3.05, 3.63) is 35.2 Å². The third-order valence-corrected chi connectivity index (χ3v) is 2.98. The molecule has 0 radical (unpaired) electrons. The van der Waals surface area contributed by atoms with Gasteiger partial charge in [0.15, 0.2) is 6.29 Å². The van der Waals surface area contributed by atoms with E-state index in [4.69, 9.17) is 10.2 Å². The summed E-state index contributed by atoms with van der Waals surface area (Å²) in [6, 6.07) is 7.98. The molecule has 13 heavy (non-hydrogen) atoms. The van der Waals surface area contributed by atoms with E-state index in [1.807, 2.05) is 29.6 Å². The van der Waals surface area contributed by atoms with Gasteiger partial charge in [0.2, 0.25) is 0 Å². The maximum Gasteiger partial charge on any atom is 0.155 e. The van der Waals surface area contributed by atoms with Crippen LogP contribution in [0.25, 0.3) is 10.1 Å². The van der Waals surface area contributed by atoms with Gasteiger partial charge in [0.1, 0.15) is 0 Å². The van der Waals surface area contributed by atoms with Gasteiger partial charge >= 0.3 is 0 Å². The lowest BCUT2D eigenvalue weighted by Gasteiger charge is -2.00. The first kappa shape index (κ1) is 8.69. The number of aliphatic hydroxyl groups is 2. The first-order valence-corrected chi connectivity index (χ1v) is 4.96. The minimum absolute atomic E-state index is 0.310. The second-order valence-corrected chi connectivity index (χ2v) is 3.85. The number of hydrogen-bond donors (Lipinski definition) is 2. The largest absolute Gasteiger partial charge is 0.368 e. The first-order chi connectivity index (χ1) is 6.27. The molecule has 0 saturated heterocycles. The Morgan fingerprint density at radius 3 is 2.77 bits per heavy atom. The van der Waals surface area contributed by atoms with E-state index in [0.29, 0.717) is 6.42 Å². The fourth-order valence-corrected chi connectivity index (χ4v) is 2.36. The van der Waals surface area contributed by atoms with Crippen LogP contribution >= 0.6 is 11.3 Å². The minimum atomic E-state index is -1.25. The molecule has 0 aliphatic carbocycles. The van der Waals surface area contributed by atoms with Crippen LogP contribution in [0.2, 0.25) is 0 Å². The summed E-state index contributed by atoms with van der Waals surface area (Å²) in [4.78, 5) is 0. The molecule has 0 aliphatic heterocycles. The lowest BCUT2D eigenvalue weighted by molar-refractivity contribution is -0.0378. The summed E-state index contributed by atoms with van der Waals surface area (Å²) < 4.78 is 1.19. The van der Waals surface area contributed by atoms with Gasteiger partial charge in [-0.15, -0.1) is 11.3 Å². The fourth-order valence-electron chi connectivity index (χ4n) is 1.39. The number of aliphatic hydroxyl groups excluding tert-OH is 1. The molecule has 1 aromatic heterocycles. The second-order valence-electron chi connectivity index (χ2n) is 2.94. The molecule has 0 fully saturated rings. The van der Waals surface area contributed by atoms with Crippen LogP contribution in [0.5, 0.6) is 0 Å². The fraction of sp³-hybridized carbons (Fsp3) is 0.200. The maximum absolute atomic E-state index is 8.84. The van der Waals surface area contributed by atoms with Crippen LogP contribution in [0.4, 0.5) is 0 Å². The summed E-state index contributed by atoms with van der Waals surface area (Å²) in [5, 5.41) is 20.8. The Morgan fingerprint density at radius 2 is 2.00 bits per heavy atom. The van der Waals surface area contributed by atoms with Crippen molar-refractivity contribution in [2.75, 3.05) is 0 Å². The predicted molar refractivity (Wildman–Crippen MR) is 53.8 cm³/mol. The highest BCUT2D eigenvalue weighted by atomic mass is 32.1. The Hall–Kier alpha value is -0.900. The summed E-state index contributed by atoms with van der Waals surface area (Å²) in [5.41, 5.74) is 1.01. The Bertz CT molecular complexity index is 406. The van der Waals surface area contributed by atoms with E-state index >= 15 is 0 Å². The van der Waals surface area contributed by atoms with Crippen LogP contribution in [0.1, 0.15) is 5.56 Å². The van der Waals surface area contributed by atoms with Crippen molar-refractivity contribution in [1.29, 1.82) is 0 Å². The highest BCUT2D eigenvalue weighted by molar-refractivity contribution is 7.17. The van der Waals surface area contributed by atoms with Crippen molar-refractivity contribution in [2.24, 2.45) is 0 Å². The van der Waals surface area contributed by atoms with Gasteiger partial charge in [0.25, 0.3) is 0 Å². The predicted octanol–water partition coefficient (Wildman–Crippen LogP) is 1.75. The van der Waals surface area contributed by atoms with E-state index in [2.05, 4.69) is 0 Å². The average Bonchev–Trinajstić information content (AvgIpc) is 2.48. The summed E-state index contributed by atoms with van der Waals surface area (Å²) in [6.45, 7) is 0. The molecule has 1 aromatic carbocycles. The van der Waals surface area contributed by atoms with E-state index in [-0.39, 0.29) is 0 Å². The lowest BCUT2D eigenvalue weighted by atomic mass is 10.1. The van der Waals surface area contributed by atoms with Crippen molar-refractivity contribution in [3.63, 3.8) is 0 Å². The smallest absolute Gasteiger partial charge is 0.155 e. The molecule has 1 heterocycles. The molecular weight excluding hydrogens is 184 g/mol. The highest BCUT2D eigenvalue weighted by Gasteiger charge is 2.06. The molecule has 2 aromatic rings. The van der Waals surface area contributed by atoms with Crippen LogP contribution in [-0.2, 0) is 6.42 Å². The van der Waals surface area contributed by atoms with Crippen molar-refractivity contribution in [1.82, 2.24) is 0 Å². The molecule has 2 N–H and O–H groups in total. The maximum atomic E-state index is 8.84. The number of fused-ring (bicyclic) bond motifs is 1. The number of benzene rings is 1. The van der Waals surface area contributed by atoms with Gasteiger partial charge in [-0.25, -0.2) is 0 Å². The molecule has 0 aliphatic rings. The number of thiophene rings is 1. The van der Waals surface area contributed by atoms with Gasteiger partial charge < -0.3 is 10.2 Å². The SMILES string of the molecule is OC(O)Cc1csc2ccccc12. The number of rotatable bonds is 2. The molecule has 2 rings (SSSR count). The molecule has 68 valence electrons. The molecule has 0 atom stereocenters. The van der Waals surface area contributed by atoms with E-state index in [9.17, 15) is 0 Å². The summed E-state index contributed by atoms with van der Waals surface area (Å²) >= 11 is 1.63. The van der Waals surface area contributed by atoms with Gasteiger partial charge in [0.05, 0.1) is 0 Å². The van der Waals surface area contributed by atoms with Crippen LogP contribution < -0.4 is 0 Å². The zero-order chi connectivity index (χ0) is 9.26. The molecular formula is C10H10O2S. The van der Waals surface area contributed by atoms with Gasteiger partial charge in [-0.05, 0) is 22.4 Å². The highest BCUT2D eigenvalue weighted by Crippen LogP contribution is 2.26. The first-order valence-electron chi connectivity index (χ1n) is 4.08. The quantitative estimate of drug-likeness (QED) is 0.715. The molecule has 2 nitrogen and oxygen atoms in total. The standard InChI is InChI=1S/C10H10O2S/c11-10(12)5-7-6-13-9-4-2-1-3-8(7)9/h1-4,6,10-12H,5H2. The summed E-state index contributed by atoms with van der Waals surface area (Å²) in [5.74, 6) is 0. The zero-order valence-corrected chi connectivity index (χ0v) is 7.79. The van der Waals surface area contributed by atoms with Gasteiger partial charge in [-0.2, -0.15) is 0 Å². The molecule has 0 amide bonds. The van der Waals surface area contributed by atoms with E-state index in [1.165, 1.54) is 4.70 Å². The zero-order valence-electron chi connectivity index (χ0n) is 6.97. The molecule has 0 bridgehead atoms. The Labute approximate surface area is 80.1 Å². The van der Waals surface area contributed by atoms with Crippen molar-refractivity contribution >= 4 is 21.4 Å². The number of hydrogen-bond acceptors (Lipinski definition) is 3. The average molecular weight is 194 g/mol. The van der Waals surface area contributed by atoms with Crippen LogP contribution in [0.15, 0.2) is 29.6 Å². The third-order valence-electron chi connectivity index (χ3n) is 1.96. The van der Waals surface area contributed by atoms with E-state index in [0.717, 1.165) is 10.9 Å². The summed E-state index contributed by atoms with van der Waals surface area (Å²) in [7, 11) is 0. The van der Waals surface area contributed by atoms with Crippen LogP contribution in [0, 0.1) is 0 Å². The van der Waals surface area contributed by atoms with Crippen molar-refractivity contribution in [3.8, 4) is 0 Å². The van der Waals surface area contributed by atoms with Crippen LogP contribution in [-0.4, -0.2) is 16.5 Å². The molecule has 0 unspecified atom stereocenters. The van der Waals surface area contributed by atoms with Gasteiger partial charge in [0, 0.05) is 11.1 Å². The van der Waals surface area contributed by atoms with Crippen molar-refractivity contribution < 1.29 is 10.2 Å². The topological polar surface area (TPSA) is 40.5 Å². The van der Waals surface area contributed by atoms with E-state index in [1.54, 1.807) is 11.3 Å². The Kier molecular flexibility index (Phi) is 2.31. The van der Waals surface area contributed by atoms with Crippen LogP contribution in [0.3, 0.4) is 0 Å². The minimum Gasteiger partial charge on any atom is -0.368 e. The second kappa shape index (κ2) is 3.46. The van der Waals surface area contributed by atoms with E-state index < -0.39 is 6.29 Å². The normalized spacial score (nSPS) is 11.3.